The summed E-state index contributed by atoms with van der Waals surface area (Å²) in [5.74, 6) is 1.38. The molecule has 166 valence electrons. The highest BCUT2D eigenvalue weighted by Gasteiger charge is 2.23. The second-order valence-electron chi connectivity index (χ2n) is 8.08. The molecule has 0 aliphatic carbocycles. The fourth-order valence-corrected chi connectivity index (χ4v) is 5.09. The topological polar surface area (TPSA) is 63.5 Å². The summed E-state index contributed by atoms with van der Waals surface area (Å²) in [4.78, 5) is 17.3. The Morgan fingerprint density at radius 2 is 1.69 bits per heavy atom. The van der Waals surface area contributed by atoms with Crippen LogP contribution in [0.2, 0.25) is 0 Å². The molecule has 0 bridgehead atoms. The highest BCUT2D eigenvalue weighted by atomic mass is 32.2. The average molecular weight is 450 g/mol. The van der Waals surface area contributed by atoms with Gasteiger partial charge in [-0.3, -0.25) is 14.3 Å². The standard InChI is InChI=1S/C24H27N5O2S/c30-23(28-11-10-19-6-4-5-7-20(19)16-28)18-32-24-26-25-22(17-27-12-14-31-15-13-27)29(24)21-8-2-1-3-9-21/h1-9H,10-18H2. The van der Waals surface area contributed by atoms with Crippen molar-refractivity contribution in [3.8, 4) is 5.69 Å². The highest BCUT2D eigenvalue weighted by molar-refractivity contribution is 7.99. The van der Waals surface area contributed by atoms with E-state index in [9.17, 15) is 4.79 Å². The van der Waals surface area contributed by atoms with Gasteiger partial charge in [0.2, 0.25) is 5.91 Å². The van der Waals surface area contributed by atoms with E-state index in [1.807, 2.05) is 29.2 Å². The molecule has 0 atom stereocenters. The van der Waals surface area contributed by atoms with Gasteiger partial charge in [-0.05, 0) is 29.7 Å². The molecule has 0 saturated carbocycles. The lowest BCUT2D eigenvalue weighted by Crippen LogP contribution is -2.37. The number of para-hydroxylation sites is 1. The molecule has 7 nitrogen and oxygen atoms in total. The Labute approximate surface area is 192 Å². The Hall–Kier alpha value is -2.68. The summed E-state index contributed by atoms with van der Waals surface area (Å²) < 4.78 is 7.55. The third-order valence-electron chi connectivity index (χ3n) is 5.99. The molecule has 2 aliphatic heterocycles. The van der Waals surface area contributed by atoms with Crippen molar-refractivity contribution in [1.29, 1.82) is 0 Å². The minimum atomic E-state index is 0.141. The molecule has 3 heterocycles. The SMILES string of the molecule is O=C(CSc1nnc(CN2CCOCC2)n1-c1ccccc1)N1CCc2ccccc2C1. The number of fused-ring (bicyclic) bond motifs is 1. The molecule has 1 fully saturated rings. The third kappa shape index (κ3) is 4.72. The lowest BCUT2D eigenvalue weighted by molar-refractivity contribution is -0.129. The lowest BCUT2D eigenvalue weighted by Gasteiger charge is -2.28. The van der Waals surface area contributed by atoms with Crippen LogP contribution in [-0.4, -0.2) is 69.1 Å². The van der Waals surface area contributed by atoms with E-state index in [0.29, 0.717) is 18.8 Å². The Bertz CT molecular complexity index is 1070. The summed E-state index contributed by atoms with van der Waals surface area (Å²) >= 11 is 1.46. The number of thioether (sulfide) groups is 1. The van der Waals surface area contributed by atoms with E-state index >= 15 is 0 Å². The number of hydrogen-bond acceptors (Lipinski definition) is 6. The van der Waals surface area contributed by atoms with Gasteiger partial charge in [0.1, 0.15) is 0 Å². The van der Waals surface area contributed by atoms with Crippen LogP contribution in [0.4, 0.5) is 0 Å². The van der Waals surface area contributed by atoms with E-state index < -0.39 is 0 Å². The Morgan fingerprint density at radius 3 is 2.50 bits per heavy atom. The number of rotatable bonds is 6. The van der Waals surface area contributed by atoms with Crippen molar-refractivity contribution in [3.05, 3.63) is 71.5 Å². The van der Waals surface area contributed by atoms with Crippen molar-refractivity contribution in [2.24, 2.45) is 0 Å². The smallest absolute Gasteiger partial charge is 0.233 e. The molecule has 2 aliphatic rings. The van der Waals surface area contributed by atoms with E-state index in [1.165, 1.54) is 22.9 Å². The number of morpholine rings is 1. The van der Waals surface area contributed by atoms with Gasteiger partial charge < -0.3 is 9.64 Å². The molecule has 1 aromatic heterocycles. The minimum absolute atomic E-state index is 0.141. The van der Waals surface area contributed by atoms with E-state index in [1.54, 1.807) is 0 Å². The maximum absolute atomic E-state index is 13.0. The summed E-state index contributed by atoms with van der Waals surface area (Å²) in [5, 5.41) is 9.70. The van der Waals surface area contributed by atoms with Gasteiger partial charge in [0.15, 0.2) is 11.0 Å². The van der Waals surface area contributed by atoms with E-state index in [-0.39, 0.29) is 5.91 Å². The van der Waals surface area contributed by atoms with Crippen LogP contribution in [0.15, 0.2) is 59.8 Å². The van der Waals surface area contributed by atoms with Crippen LogP contribution in [0.1, 0.15) is 17.0 Å². The molecule has 0 spiro atoms. The summed E-state index contributed by atoms with van der Waals surface area (Å²) in [6, 6.07) is 18.5. The van der Waals surface area contributed by atoms with Gasteiger partial charge in [-0.15, -0.1) is 10.2 Å². The summed E-state index contributed by atoms with van der Waals surface area (Å²) in [5.41, 5.74) is 3.61. The number of carbonyl (C=O) groups excluding carboxylic acids is 1. The zero-order valence-electron chi connectivity index (χ0n) is 18.0. The normalized spacial score (nSPS) is 16.7. The maximum Gasteiger partial charge on any atom is 0.233 e. The monoisotopic (exact) mass is 449 g/mol. The number of hydrogen-bond donors (Lipinski definition) is 0. The van der Waals surface area contributed by atoms with Gasteiger partial charge in [-0.2, -0.15) is 0 Å². The van der Waals surface area contributed by atoms with Crippen molar-refractivity contribution in [2.45, 2.75) is 24.7 Å². The zero-order chi connectivity index (χ0) is 21.8. The van der Waals surface area contributed by atoms with Crippen molar-refractivity contribution in [3.63, 3.8) is 0 Å². The Morgan fingerprint density at radius 1 is 0.938 bits per heavy atom. The minimum Gasteiger partial charge on any atom is -0.379 e. The summed E-state index contributed by atoms with van der Waals surface area (Å²) in [6.45, 7) is 5.43. The molecule has 0 unspecified atom stereocenters. The van der Waals surface area contributed by atoms with Crippen LogP contribution in [0, 0.1) is 0 Å². The quantitative estimate of drug-likeness (QED) is 0.540. The van der Waals surface area contributed by atoms with E-state index in [2.05, 4.69) is 50.0 Å². The van der Waals surface area contributed by atoms with Crippen molar-refractivity contribution in [2.75, 3.05) is 38.6 Å². The first kappa shape index (κ1) is 21.2. The first-order valence-corrected chi connectivity index (χ1v) is 12.0. The lowest BCUT2D eigenvalue weighted by atomic mass is 10.00. The van der Waals surface area contributed by atoms with E-state index in [4.69, 9.17) is 4.74 Å². The molecule has 0 N–H and O–H groups in total. The molecule has 1 amide bonds. The summed E-state index contributed by atoms with van der Waals surface area (Å²) in [7, 11) is 0. The number of carbonyl (C=O) groups is 1. The van der Waals surface area contributed by atoms with Crippen LogP contribution in [0.5, 0.6) is 0 Å². The molecule has 32 heavy (non-hydrogen) atoms. The predicted octanol–water partition coefficient (Wildman–Crippen LogP) is 2.78. The van der Waals surface area contributed by atoms with Crippen LogP contribution < -0.4 is 0 Å². The largest absolute Gasteiger partial charge is 0.379 e. The fraction of sp³-hybridized carbons (Fsp3) is 0.375. The zero-order valence-corrected chi connectivity index (χ0v) is 18.8. The molecule has 1 saturated heterocycles. The van der Waals surface area contributed by atoms with Gasteiger partial charge in [0, 0.05) is 31.9 Å². The number of aromatic nitrogens is 3. The average Bonchev–Trinajstić information content (AvgIpc) is 3.25. The fourth-order valence-electron chi connectivity index (χ4n) is 4.22. The number of ether oxygens (including phenoxy) is 1. The predicted molar refractivity (Wildman–Crippen MR) is 124 cm³/mol. The number of nitrogens with zero attached hydrogens (tertiary/aromatic N) is 5. The highest BCUT2D eigenvalue weighted by Crippen LogP contribution is 2.25. The number of amides is 1. The third-order valence-corrected chi connectivity index (χ3v) is 6.91. The van der Waals surface area contributed by atoms with Crippen molar-refractivity contribution in [1.82, 2.24) is 24.6 Å². The van der Waals surface area contributed by atoms with Gasteiger partial charge in [0.25, 0.3) is 0 Å². The van der Waals surface area contributed by atoms with Crippen molar-refractivity contribution < 1.29 is 9.53 Å². The van der Waals surface area contributed by atoms with Gasteiger partial charge >= 0.3 is 0 Å². The molecule has 3 aromatic rings. The Kier molecular flexibility index (Phi) is 6.52. The van der Waals surface area contributed by atoms with Gasteiger partial charge in [0.05, 0.1) is 25.5 Å². The van der Waals surface area contributed by atoms with Crippen LogP contribution in [0.3, 0.4) is 0 Å². The van der Waals surface area contributed by atoms with Crippen LogP contribution in [0.25, 0.3) is 5.69 Å². The van der Waals surface area contributed by atoms with Crippen LogP contribution >= 0.6 is 11.8 Å². The van der Waals surface area contributed by atoms with Gasteiger partial charge in [-0.25, -0.2) is 0 Å². The molecule has 8 heteroatoms. The van der Waals surface area contributed by atoms with Crippen LogP contribution in [-0.2, 0) is 29.0 Å². The first-order chi connectivity index (χ1) is 15.8. The van der Waals surface area contributed by atoms with Gasteiger partial charge in [-0.1, -0.05) is 54.2 Å². The molecular formula is C24H27N5O2S. The molecule has 0 radical (unpaired) electrons. The first-order valence-electron chi connectivity index (χ1n) is 11.0. The second-order valence-corrected chi connectivity index (χ2v) is 9.02. The molecule has 2 aromatic carbocycles. The van der Waals surface area contributed by atoms with Crippen molar-refractivity contribution >= 4 is 17.7 Å². The van der Waals surface area contributed by atoms with E-state index in [0.717, 1.165) is 55.9 Å². The summed E-state index contributed by atoms with van der Waals surface area (Å²) in [6.07, 6.45) is 0.913. The Balaban J connectivity index is 1.30. The maximum atomic E-state index is 13.0. The second kappa shape index (κ2) is 9.85. The number of benzene rings is 2. The molecule has 5 rings (SSSR count). The molecular weight excluding hydrogens is 422 g/mol.